The van der Waals surface area contributed by atoms with Crippen LogP contribution in [0.2, 0.25) is 0 Å². The first-order valence-corrected chi connectivity index (χ1v) is 8.40. The highest BCUT2D eigenvalue weighted by molar-refractivity contribution is 7.91. The minimum atomic E-state index is -4.06. The van der Waals surface area contributed by atoms with Gasteiger partial charge in [-0.05, 0) is 43.3 Å². The normalized spacial score (nSPS) is 11.5. The van der Waals surface area contributed by atoms with Gasteiger partial charge in [-0.3, -0.25) is 0 Å². The Morgan fingerprint density at radius 1 is 1.04 bits per heavy atom. The molecule has 0 spiro atoms. The molecule has 1 N–H and O–H groups in total. The van der Waals surface area contributed by atoms with Crippen LogP contribution in [0, 0.1) is 6.92 Å². The monoisotopic (exact) mass is 344 g/mol. The predicted octanol–water partition coefficient (Wildman–Crippen LogP) is 2.63. The Balaban J connectivity index is 2.24. The van der Waals surface area contributed by atoms with Crippen LogP contribution in [-0.4, -0.2) is 19.5 Å². The minimum Gasteiger partial charge on any atom is -0.478 e. The summed E-state index contributed by atoms with van der Waals surface area (Å²) in [5, 5.41) is 9.24. The fourth-order valence-corrected chi connectivity index (χ4v) is 3.56. The standard InChI is InChI=1S/C17H12O6S/c1-10-2-5-13(6-3-10)24(21,22)15-9-12-8-11(16(18)19)4-7-14(12)23-17(15)20/h2-9H,1H3,(H,18,19). The maximum absolute atomic E-state index is 12.7. The molecular formula is C17H12O6S. The van der Waals surface area contributed by atoms with Crippen molar-refractivity contribution in [2.45, 2.75) is 16.7 Å². The van der Waals surface area contributed by atoms with Gasteiger partial charge in [0.25, 0.3) is 0 Å². The number of carboxylic acid groups (broad SMARTS) is 1. The van der Waals surface area contributed by atoms with Crippen molar-refractivity contribution in [2.24, 2.45) is 0 Å². The SMILES string of the molecule is Cc1ccc(S(=O)(=O)c2cc3cc(C(=O)O)ccc3oc2=O)cc1. The number of hydrogen-bond acceptors (Lipinski definition) is 5. The van der Waals surface area contributed by atoms with E-state index < -0.39 is 26.3 Å². The number of rotatable bonds is 3. The summed E-state index contributed by atoms with van der Waals surface area (Å²) in [6, 6.07) is 11.1. The molecule has 0 aliphatic heterocycles. The number of sulfone groups is 1. The van der Waals surface area contributed by atoms with Gasteiger partial charge in [0.05, 0.1) is 10.5 Å². The molecule has 0 aliphatic rings. The van der Waals surface area contributed by atoms with Gasteiger partial charge in [0.2, 0.25) is 9.84 Å². The summed E-state index contributed by atoms with van der Waals surface area (Å²) in [7, 11) is -4.06. The Morgan fingerprint density at radius 3 is 2.33 bits per heavy atom. The van der Waals surface area contributed by atoms with E-state index in [4.69, 9.17) is 9.52 Å². The number of carboxylic acids is 1. The molecule has 1 aromatic heterocycles. The second-order valence-corrected chi connectivity index (χ2v) is 7.19. The van der Waals surface area contributed by atoms with Crippen molar-refractivity contribution in [1.29, 1.82) is 0 Å². The Bertz CT molecular complexity index is 1110. The van der Waals surface area contributed by atoms with Gasteiger partial charge in [0, 0.05) is 5.39 Å². The fourth-order valence-electron chi connectivity index (χ4n) is 2.27. The molecule has 0 fully saturated rings. The topological polar surface area (TPSA) is 102 Å². The molecule has 0 radical (unpaired) electrons. The third-order valence-corrected chi connectivity index (χ3v) is 5.32. The molecule has 6 nitrogen and oxygen atoms in total. The Kier molecular flexibility index (Phi) is 3.73. The quantitative estimate of drug-likeness (QED) is 0.733. The molecule has 122 valence electrons. The summed E-state index contributed by atoms with van der Waals surface area (Å²) in [5.74, 6) is -1.16. The predicted molar refractivity (Wildman–Crippen MR) is 86.1 cm³/mol. The summed E-state index contributed by atoms with van der Waals surface area (Å²) in [6.07, 6.45) is 0. The largest absolute Gasteiger partial charge is 0.478 e. The number of benzene rings is 2. The first-order chi connectivity index (χ1) is 11.3. The van der Waals surface area contributed by atoms with Gasteiger partial charge in [-0.25, -0.2) is 18.0 Å². The van der Waals surface area contributed by atoms with Gasteiger partial charge < -0.3 is 9.52 Å². The van der Waals surface area contributed by atoms with Crippen LogP contribution in [-0.2, 0) is 9.84 Å². The van der Waals surface area contributed by atoms with E-state index in [0.717, 1.165) is 11.6 Å². The molecule has 0 atom stereocenters. The first-order valence-electron chi connectivity index (χ1n) is 6.92. The van der Waals surface area contributed by atoms with Crippen molar-refractivity contribution in [1.82, 2.24) is 0 Å². The summed E-state index contributed by atoms with van der Waals surface area (Å²) in [5.41, 5.74) is -0.0281. The van der Waals surface area contributed by atoms with Gasteiger partial charge in [0.1, 0.15) is 5.58 Å². The minimum absolute atomic E-state index is 0.0324. The second-order valence-electron chi connectivity index (χ2n) is 5.27. The van der Waals surface area contributed by atoms with Crippen LogP contribution >= 0.6 is 0 Å². The molecule has 0 saturated heterocycles. The smallest absolute Gasteiger partial charge is 0.355 e. The number of aryl methyl sites for hydroxylation is 1. The van der Waals surface area contributed by atoms with Crippen LogP contribution < -0.4 is 5.63 Å². The van der Waals surface area contributed by atoms with E-state index in [9.17, 15) is 18.0 Å². The Hall–Kier alpha value is -2.93. The molecule has 0 aliphatic carbocycles. The van der Waals surface area contributed by atoms with Crippen LogP contribution in [0.3, 0.4) is 0 Å². The molecule has 0 unspecified atom stereocenters. The maximum Gasteiger partial charge on any atom is 0.355 e. The number of fused-ring (bicyclic) bond motifs is 1. The van der Waals surface area contributed by atoms with Gasteiger partial charge in [-0.15, -0.1) is 0 Å². The second kappa shape index (κ2) is 5.61. The molecule has 2 aromatic carbocycles. The lowest BCUT2D eigenvalue weighted by atomic mass is 10.1. The van der Waals surface area contributed by atoms with Crippen molar-refractivity contribution in [3.05, 3.63) is 70.1 Å². The highest BCUT2D eigenvalue weighted by Gasteiger charge is 2.23. The molecule has 0 bridgehead atoms. The van der Waals surface area contributed by atoms with Crippen molar-refractivity contribution in [3.8, 4) is 0 Å². The zero-order chi connectivity index (χ0) is 17.5. The highest BCUT2D eigenvalue weighted by Crippen LogP contribution is 2.23. The molecule has 0 saturated carbocycles. The van der Waals surface area contributed by atoms with E-state index in [2.05, 4.69) is 0 Å². The van der Waals surface area contributed by atoms with Crippen LogP contribution in [0.25, 0.3) is 11.0 Å². The maximum atomic E-state index is 12.7. The summed E-state index contributed by atoms with van der Waals surface area (Å²) in [6.45, 7) is 1.81. The molecule has 7 heteroatoms. The molecule has 24 heavy (non-hydrogen) atoms. The first kappa shape index (κ1) is 15.9. The lowest BCUT2D eigenvalue weighted by molar-refractivity contribution is 0.0697. The van der Waals surface area contributed by atoms with Crippen LogP contribution in [0.5, 0.6) is 0 Å². The van der Waals surface area contributed by atoms with E-state index in [1.165, 1.54) is 30.3 Å². The zero-order valence-corrected chi connectivity index (χ0v) is 13.3. The number of hydrogen-bond donors (Lipinski definition) is 1. The zero-order valence-electron chi connectivity index (χ0n) is 12.5. The van der Waals surface area contributed by atoms with Gasteiger partial charge in [0.15, 0.2) is 4.90 Å². The summed E-state index contributed by atoms with van der Waals surface area (Å²) in [4.78, 5) is 22.6. The lowest BCUT2D eigenvalue weighted by Crippen LogP contribution is -2.14. The van der Waals surface area contributed by atoms with E-state index in [0.29, 0.717) is 0 Å². The van der Waals surface area contributed by atoms with Gasteiger partial charge in [-0.1, -0.05) is 17.7 Å². The van der Waals surface area contributed by atoms with Crippen molar-refractivity contribution in [3.63, 3.8) is 0 Å². The van der Waals surface area contributed by atoms with E-state index >= 15 is 0 Å². The summed E-state index contributed by atoms with van der Waals surface area (Å²) >= 11 is 0. The van der Waals surface area contributed by atoms with Crippen molar-refractivity contribution >= 4 is 26.8 Å². The van der Waals surface area contributed by atoms with Crippen LogP contribution in [0.4, 0.5) is 0 Å². The third-order valence-electron chi connectivity index (χ3n) is 3.57. The molecule has 1 heterocycles. The Labute approximate surface area is 136 Å². The van der Waals surface area contributed by atoms with Crippen molar-refractivity contribution < 1.29 is 22.7 Å². The number of carbonyl (C=O) groups is 1. The van der Waals surface area contributed by atoms with Crippen LogP contribution in [0.15, 0.2) is 67.5 Å². The molecule has 3 rings (SSSR count). The Morgan fingerprint density at radius 2 is 1.71 bits per heavy atom. The average molecular weight is 344 g/mol. The average Bonchev–Trinajstić information content (AvgIpc) is 2.54. The van der Waals surface area contributed by atoms with Crippen molar-refractivity contribution in [2.75, 3.05) is 0 Å². The van der Waals surface area contributed by atoms with E-state index in [-0.39, 0.29) is 21.4 Å². The fraction of sp³-hybridized carbons (Fsp3) is 0.0588. The molecule has 3 aromatic rings. The molecule has 0 amide bonds. The third kappa shape index (κ3) is 2.69. The van der Waals surface area contributed by atoms with Crippen LogP contribution in [0.1, 0.15) is 15.9 Å². The highest BCUT2D eigenvalue weighted by atomic mass is 32.2. The van der Waals surface area contributed by atoms with E-state index in [1.807, 2.05) is 6.92 Å². The van der Waals surface area contributed by atoms with Gasteiger partial charge >= 0.3 is 11.6 Å². The van der Waals surface area contributed by atoms with Gasteiger partial charge in [-0.2, -0.15) is 0 Å². The van der Waals surface area contributed by atoms with E-state index in [1.54, 1.807) is 12.1 Å². The lowest BCUT2D eigenvalue weighted by Gasteiger charge is -2.05. The summed E-state index contributed by atoms with van der Waals surface area (Å²) < 4.78 is 30.3. The number of aromatic carboxylic acids is 1. The molecular weight excluding hydrogens is 332 g/mol.